The largest absolute Gasteiger partial charge is 0.377 e. The molecule has 1 saturated heterocycles. The van der Waals surface area contributed by atoms with E-state index in [0.29, 0.717) is 42.4 Å². The van der Waals surface area contributed by atoms with Gasteiger partial charge in [-0.3, -0.25) is 10.1 Å². The highest BCUT2D eigenvalue weighted by molar-refractivity contribution is 7.80. The summed E-state index contributed by atoms with van der Waals surface area (Å²) in [5, 5.41) is 7.78. The number of aromatic amines is 1. The third kappa shape index (κ3) is 4.63. The third-order valence-corrected chi connectivity index (χ3v) is 6.52. The first-order chi connectivity index (χ1) is 16.1. The van der Waals surface area contributed by atoms with Crippen LogP contribution in [0.1, 0.15) is 12.5 Å². The van der Waals surface area contributed by atoms with Crippen LogP contribution in [0, 0.1) is 5.82 Å². The number of morpholine rings is 1. The summed E-state index contributed by atoms with van der Waals surface area (Å²) in [5.41, 5.74) is 3.53. The molecule has 3 aromatic heterocycles. The molecule has 1 unspecified atom stereocenters. The van der Waals surface area contributed by atoms with E-state index in [9.17, 15) is 8.94 Å². The summed E-state index contributed by atoms with van der Waals surface area (Å²) in [6, 6.07) is 11.8. The Kier molecular flexibility index (Phi) is 6.12. The molecule has 0 radical (unpaired) electrons. The van der Waals surface area contributed by atoms with Crippen molar-refractivity contribution in [2.45, 2.75) is 18.7 Å². The lowest BCUT2D eigenvalue weighted by atomic mass is 10.1. The second kappa shape index (κ2) is 9.34. The van der Waals surface area contributed by atoms with Crippen LogP contribution in [-0.2, 0) is 21.5 Å². The molecule has 1 fully saturated rings. The summed E-state index contributed by atoms with van der Waals surface area (Å²) in [6.07, 6.45) is 3.37. The summed E-state index contributed by atoms with van der Waals surface area (Å²) in [7, 11) is -1.31. The van der Waals surface area contributed by atoms with Gasteiger partial charge in [0.25, 0.3) is 0 Å². The number of benzene rings is 1. The maximum atomic E-state index is 13.2. The number of pyridine rings is 2. The molecule has 0 bridgehead atoms. The third-order valence-electron chi connectivity index (χ3n) is 5.52. The molecule has 0 aliphatic carbocycles. The van der Waals surface area contributed by atoms with Gasteiger partial charge in [-0.2, -0.15) is 5.10 Å². The maximum absolute atomic E-state index is 13.2. The van der Waals surface area contributed by atoms with Crippen LogP contribution >= 0.6 is 0 Å². The van der Waals surface area contributed by atoms with Crippen molar-refractivity contribution >= 4 is 33.4 Å². The van der Waals surface area contributed by atoms with Crippen molar-refractivity contribution in [1.29, 1.82) is 0 Å². The Labute approximate surface area is 192 Å². The Balaban J connectivity index is 1.63. The van der Waals surface area contributed by atoms with Crippen LogP contribution in [-0.4, -0.2) is 50.5 Å². The molecular weight excluding hydrogens is 443 g/mol. The molecule has 5 rings (SSSR count). The number of nitrogens with zero attached hydrogens (tertiary/aromatic N) is 5. The number of hydrogen-bond donors (Lipinski definition) is 2. The van der Waals surface area contributed by atoms with Crippen LogP contribution in [0.25, 0.3) is 22.3 Å². The lowest BCUT2D eigenvalue weighted by molar-refractivity contribution is 0.0986. The zero-order valence-corrected chi connectivity index (χ0v) is 18.8. The Morgan fingerprint density at radius 1 is 1.24 bits per heavy atom. The fourth-order valence-corrected chi connectivity index (χ4v) is 4.80. The predicted octanol–water partition coefficient (Wildman–Crippen LogP) is 4.49. The minimum absolute atomic E-state index is 0.149. The molecule has 0 saturated carbocycles. The van der Waals surface area contributed by atoms with Gasteiger partial charge >= 0.3 is 0 Å². The monoisotopic (exact) mass is 466 g/mol. The summed E-state index contributed by atoms with van der Waals surface area (Å²) in [4.78, 5) is 11.7. The molecule has 2 atom stereocenters. The van der Waals surface area contributed by atoms with Crippen LogP contribution in [0.2, 0.25) is 0 Å². The van der Waals surface area contributed by atoms with Crippen LogP contribution in [0.3, 0.4) is 0 Å². The van der Waals surface area contributed by atoms with E-state index in [4.69, 9.17) is 9.72 Å². The van der Waals surface area contributed by atoms with E-state index < -0.39 is 11.0 Å². The number of halogens is 1. The first-order valence-electron chi connectivity index (χ1n) is 10.6. The van der Waals surface area contributed by atoms with Gasteiger partial charge in [0.2, 0.25) is 0 Å². The second-order valence-electron chi connectivity index (χ2n) is 7.84. The molecule has 8 nitrogen and oxygen atoms in total. The van der Waals surface area contributed by atoms with Gasteiger partial charge in [0.15, 0.2) is 0 Å². The van der Waals surface area contributed by atoms with Gasteiger partial charge in [0.05, 0.1) is 36.4 Å². The van der Waals surface area contributed by atoms with Crippen molar-refractivity contribution in [3.05, 3.63) is 66.2 Å². The van der Waals surface area contributed by atoms with Gasteiger partial charge in [-0.1, -0.05) is 12.1 Å². The average Bonchev–Trinajstić information content (AvgIpc) is 3.35. The molecular formula is C23H23FN6O2S. The number of ether oxygens (including phenoxy) is 1. The van der Waals surface area contributed by atoms with Gasteiger partial charge in [0, 0.05) is 41.4 Å². The molecule has 1 aromatic carbocycles. The average molecular weight is 467 g/mol. The standard InChI is InChI=1S/C23H23FN6O2S/c1-15-13-32-11-10-30(15)21-12-20(29-33(31)14-16-2-4-17(24)5-3-16)18-6-8-25-23(22(18)27-21)19-7-9-26-28-19/h2-9,12,15H,10-11,13-14H2,1H3,(H,26,28)(H,27,29,31)/t15-,33?/m1/s1. The van der Waals surface area contributed by atoms with Crippen LogP contribution < -0.4 is 4.90 Å². The lowest BCUT2D eigenvalue weighted by Gasteiger charge is -2.34. The SMILES string of the molecule is C[C@@H]1COCCN1c1cc(/N=S(\O)Cc2ccc(F)cc2)c2ccnc(-c3ccn[nH]3)c2n1. The molecule has 1 aliphatic rings. The summed E-state index contributed by atoms with van der Waals surface area (Å²) >= 11 is 0. The Morgan fingerprint density at radius 2 is 2.09 bits per heavy atom. The lowest BCUT2D eigenvalue weighted by Crippen LogP contribution is -2.44. The number of aromatic nitrogens is 4. The quantitative estimate of drug-likeness (QED) is 0.450. The van der Waals surface area contributed by atoms with Crippen molar-refractivity contribution in [3.63, 3.8) is 0 Å². The minimum Gasteiger partial charge on any atom is -0.377 e. The normalized spacial score (nSPS) is 17.5. The maximum Gasteiger partial charge on any atom is 0.131 e. The number of rotatable bonds is 5. The van der Waals surface area contributed by atoms with Crippen LogP contribution in [0.15, 0.2) is 59.2 Å². The molecule has 0 amide bonds. The van der Waals surface area contributed by atoms with Gasteiger partial charge < -0.3 is 14.2 Å². The Morgan fingerprint density at radius 3 is 2.85 bits per heavy atom. The van der Waals surface area contributed by atoms with Gasteiger partial charge in [-0.25, -0.2) is 13.7 Å². The summed E-state index contributed by atoms with van der Waals surface area (Å²) in [6.45, 7) is 4.03. The summed E-state index contributed by atoms with van der Waals surface area (Å²) in [5.74, 6) is 0.743. The van der Waals surface area contributed by atoms with Crippen molar-refractivity contribution in [1.82, 2.24) is 20.2 Å². The zero-order chi connectivity index (χ0) is 22.8. The van der Waals surface area contributed by atoms with E-state index in [-0.39, 0.29) is 11.9 Å². The molecule has 4 aromatic rings. The van der Waals surface area contributed by atoms with Crippen molar-refractivity contribution in [3.8, 4) is 11.4 Å². The number of fused-ring (bicyclic) bond motifs is 1. The van der Waals surface area contributed by atoms with E-state index in [2.05, 4.69) is 31.4 Å². The molecule has 33 heavy (non-hydrogen) atoms. The predicted molar refractivity (Wildman–Crippen MR) is 127 cm³/mol. The van der Waals surface area contributed by atoms with Crippen molar-refractivity contribution in [2.75, 3.05) is 24.7 Å². The second-order valence-corrected chi connectivity index (χ2v) is 9.00. The molecule has 10 heteroatoms. The van der Waals surface area contributed by atoms with Gasteiger partial charge in [-0.15, -0.1) is 0 Å². The molecule has 2 N–H and O–H groups in total. The number of H-pyrrole nitrogens is 1. The van der Waals surface area contributed by atoms with E-state index in [1.807, 2.05) is 18.2 Å². The molecule has 4 heterocycles. The zero-order valence-electron chi connectivity index (χ0n) is 18.0. The van der Waals surface area contributed by atoms with Crippen LogP contribution in [0.4, 0.5) is 15.9 Å². The Hall–Kier alpha value is -3.21. The molecule has 0 spiro atoms. The number of nitrogens with one attached hydrogen (secondary N) is 1. The highest BCUT2D eigenvalue weighted by Gasteiger charge is 2.23. The van der Waals surface area contributed by atoms with Crippen LogP contribution in [0.5, 0.6) is 0 Å². The van der Waals surface area contributed by atoms with Crippen molar-refractivity contribution in [2.24, 2.45) is 4.36 Å². The van der Waals surface area contributed by atoms with Gasteiger partial charge in [0.1, 0.15) is 22.8 Å². The van der Waals surface area contributed by atoms with Gasteiger partial charge in [-0.05, 0) is 36.8 Å². The highest BCUT2D eigenvalue weighted by Crippen LogP contribution is 2.35. The first-order valence-corrected chi connectivity index (χ1v) is 11.9. The molecule has 170 valence electrons. The van der Waals surface area contributed by atoms with E-state index >= 15 is 0 Å². The highest BCUT2D eigenvalue weighted by atomic mass is 32.2. The smallest absolute Gasteiger partial charge is 0.131 e. The minimum atomic E-state index is -1.31. The fourth-order valence-electron chi connectivity index (χ4n) is 3.87. The van der Waals surface area contributed by atoms with E-state index in [0.717, 1.165) is 22.5 Å². The van der Waals surface area contributed by atoms with E-state index in [1.54, 1.807) is 24.5 Å². The Bertz CT molecular complexity index is 1300. The first kappa shape index (κ1) is 21.6. The number of anilines is 1. The molecule has 1 aliphatic heterocycles. The van der Waals surface area contributed by atoms with Crippen molar-refractivity contribution < 1.29 is 13.7 Å². The summed E-state index contributed by atoms with van der Waals surface area (Å²) < 4.78 is 34.2. The topological polar surface area (TPSA) is 99.5 Å². The fraction of sp³-hybridized carbons (Fsp3) is 0.261. The number of hydrogen-bond acceptors (Lipinski definition) is 6. The van der Waals surface area contributed by atoms with E-state index in [1.165, 1.54) is 12.1 Å².